The van der Waals surface area contributed by atoms with Gasteiger partial charge in [-0.3, -0.25) is 0 Å². The van der Waals surface area contributed by atoms with Gasteiger partial charge in [0.1, 0.15) is 12.0 Å². The van der Waals surface area contributed by atoms with Crippen LogP contribution in [0.3, 0.4) is 0 Å². The summed E-state index contributed by atoms with van der Waals surface area (Å²) in [6.07, 6.45) is 1.47. The molecule has 0 amide bonds. The summed E-state index contributed by atoms with van der Waals surface area (Å²) in [6, 6.07) is 13.4. The fraction of sp³-hybridized carbons (Fsp3) is 0.111. The van der Waals surface area contributed by atoms with Gasteiger partial charge in [0.15, 0.2) is 11.6 Å². The van der Waals surface area contributed by atoms with E-state index in [1.54, 1.807) is 12.1 Å². The van der Waals surface area contributed by atoms with E-state index >= 15 is 0 Å². The zero-order chi connectivity index (χ0) is 17.1. The van der Waals surface area contributed by atoms with Gasteiger partial charge in [-0.05, 0) is 55.3 Å². The first-order valence-electron chi connectivity index (χ1n) is 7.51. The van der Waals surface area contributed by atoms with Crippen molar-refractivity contribution in [1.29, 1.82) is 0 Å². The third kappa shape index (κ3) is 3.41. The second-order valence-corrected chi connectivity index (χ2v) is 5.93. The van der Waals surface area contributed by atoms with Crippen LogP contribution in [-0.2, 0) is 0 Å². The van der Waals surface area contributed by atoms with E-state index in [0.29, 0.717) is 22.3 Å². The first-order chi connectivity index (χ1) is 11.5. The number of anilines is 5. The number of nitrogens with two attached hydrogens (primary N) is 1. The van der Waals surface area contributed by atoms with Crippen molar-refractivity contribution in [2.24, 2.45) is 0 Å². The van der Waals surface area contributed by atoms with E-state index in [4.69, 9.17) is 17.3 Å². The minimum atomic E-state index is 0.452. The Kier molecular flexibility index (Phi) is 4.53. The Morgan fingerprint density at radius 3 is 2.29 bits per heavy atom. The summed E-state index contributed by atoms with van der Waals surface area (Å²) in [6.45, 7) is 4.12. The first kappa shape index (κ1) is 16.1. The fourth-order valence-electron chi connectivity index (χ4n) is 2.28. The SMILES string of the molecule is Cc1cccc(Nc2ncnc(Nc3ccc(Cl)cc3)c2N)c1C. The van der Waals surface area contributed by atoms with E-state index in [2.05, 4.69) is 40.5 Å². The molecular formula is C18H18ClN5. The van der Waals surface area contributed by atoms with Crippen LogP contribution in [0.2, 0.25) is 5.02 Å². The van der Waals surface area contributed by atoms with Gasteiger partial charge < -0.3 is 16.4 Å². The summed E-state index contributed by atoms with van der Waals surface area (Å²) < 4.78 is 0. The molecule has 0 saturated carbocycles. The number of nitrogens with zero attached hydrogens (tertiary/aromatic N) is 2. The summed E-state index contributed by atoms with van der Waals surface area (Å²) in [7, 11) is 0. The van der Waals surface area contributed by atoms with Gasteiger partial charge in [-0.2, -0.15) is 0 Å². The van der Waals surface area contributed by atoms with Crippen molar-refractivity contribution in [3.63, 3.8) is 0 Å². The van der Waals surface area contributed by atoms with E-state index in [1.165, 1.54) is 11.9 Å². The predicted octanol–water partition coefficient (Wildman–Crippen LogP) is 4.82. The maximum absolute atomic E-state index is 6.22. The molecule has 0 aliphatic heterocycles. The van der Waals surface area contributed by atoms with Gasteiger partial charge in [-0.1, -0.05) is 23.7 Å². The minimum absolute atomic E-state index is 0.452. The van der Waals surface area contributed by atoms with Crippen LogP contribution in [-0.4, -0.2) is 9.97 Å². The molecule has 0 radical (unpaired) electrons. The molecule has 3 rings (SSSR count). The average Bonchev–Trinajstić information content (AvgIpc) is 2.57. The van der Waals surface area contributed by atoms with Crippen LogP contribution >= 0.6 is 11.6 Å². The van der Waals surface area contributed by atoms with Crippen LogP contribution in [0.25, 0.3) is 0 Å². The highest BCUT2D eigenvalue weighted by Crippen LogP contribution is 2.30. The van der Waals surface area contributed by atoms with E-state index in [0.717, 1.165) is 16.9 Å². The van der Waals surface area contributed by atoms with Crippen LogP contribution in [0.4, 0.5) is 28.7 Å². The molecule has 4 N–H and O–H groups in total. The van der Waals surface area contributed by atoms with Crippen molar-refractivity contribution in [1.82, 2.24) is 9.97 Å². The molecule has 0 unspecified atom stereocenters. The smallest absolute Gasteiger partial charge is 0.159 e. The Labute approximate surface area is 145 Å². The van der Waals surface area contributed by atoms with E-state index in [-0.39, 0.29) is 0 Å². The van der Waals surface area contributed by atoms with Crippen LogP contribution in [0.5, 0.6) is 0 Å². The summed E-state index contributed by atoms with van der Waals surface area (Å²) in [5, 5.41) is 7.13. The predicted molar refractivity (Wildman–Crippen MR) is 100 cm³/mol. The first-order valence-corrected chi connectivity index (χ1v) is 7.88. The third-order valence-electron chi connectivity index (χ3n) is 3.85. The summed E-state index contributed by atoms with van der Waals surface area (Å²) in [4.78, 5) is 8.47. The number of nitrogen functional groups attached to an aromatic ring is 1. The lowest BCUT2D eigenvalue weighted by Gasteiger charge is -2.14. The molecule has 0 saturated heterocycles. The monoisotopic (exact) mass is 339 g/mol. The van der Waals surface area contributed by atoms with Crippen molar-refractivity contribution in [2.45, 2.75) is 13.8 Å². The normalized spacial score (nSPS) is 10.5. The lowest BCUT2D eigenvalue weighted by molar-refractivity contribution is 1.17. The number of benzene rings is 2. The standard InChI is InChI=1S/C18H18ClN5/c1-11-4-3-5-15(12(11)2)24-18-16(20)17(21-10-22-18)23-14-8-6-13(19)7-9-14/h3-10H,20H2,1-2H3,(H2,21,22,23,24). The van der Waals surface area contributed by atoms with Gasteiger partial charge in [0.05, 0.1) is 0 Å². The maximum Gasteiger partial charge on any atom is 0.159 e. The minimum Gasteiger partial charge on any atom is -0.393 e. The van der Waals surface area contributed by atoms with E-state index in [1.807, 2.05) is 24.3 Å². The van der Waals surface area contributed by atoms with Crippen molar-refractivity contribution >= 4 is 40.3 Å². The molecular weight excluding hydrogens is 322 g/mol. The number of rotatable bonds is 4. The van der Waals surface area contributed by atoms with Crippen LogP contribution in [0, 0.1) is 13.8 Å². The number of hydrogen-bond donors (Lipinski definition) is 3. The van der Waals surface area contributed by atoms with Gasteiger partial charge in [0.25, 0.3) is 0 Å². The fourth-order valence-corrected chi connectivity index (χ4v) is 2.40. The average molecular weight is 340 g/mol. The van der Waals surface area contributed by atoms with Crippen molar-refractivity contribution in [2.75, 3.05) is 16.4 Å². The Morgan fingerprint density at radius 2 is 1.58 bits per heavy atom. The summed E-state index contributed by atoms with van der Waals surface area (Å²) in [5.41, 5.74) is 10.8. The van der Waals surface area contributed by atoms with E-state index in [9.17, 15) is 0 Å². The van der Waals surface area contributed by atoms with Crippen LogP contribution in [0.15, 0.2) is 48.8 Å². The largest absolute Gasteiger partial charge is 0.393 e. The van der Waals surface area contributed by atoms with Crippen LogP contribution in [0.1, 0.15) is 11.1 Å². The molecule has 122 valence electrons. The highest BCUT2D eigenvalue weighted by Gasteiger charge is 2.10. The second-order valence-electron chi connectivity index (χ2n) is 5.49. The van der Waals surface area contributed by atoms with Gasteiger partial charge >= 0.3 is 0 Å². The molecule has 0 aliphatic carbocycles. The highest BCUT2D eigenvalue weighted by molar-refractivity contribution is 6.30. The van der Waals surface area contributed by atoms with Gasteiger partial charge in [0.2, 0.25) is 0 Å². The number of hydrogen-bond acceptors (Lipinski definition) is 5. The molecule has 6 heteroatoms. The number of aromatic nitrogens is 2. The molecule has 3 aromatic rings. The maximum atomic E-state index is 6.22. The Balaban J connectivity index is 1.88. The number of aryl methyl sites for hydroxylation is 1. The molecule has 0 aliphatic rings. The molecule has 0 bridgehead atoms. The van der Waals surface area contributed by atoms with Gasteiger partial charge in [-0.15, -0.1) is 0 Å². The summed E-state index contributed by atoms with van der Waals surface area (Å²) in [5.74, 6) is 1.11. The highest BCUT2D eigenvalue weighted by atomic mass is 35.5. The molecule has 1 heterocycles. The molecule has 2 aromatic carbocycles. The second kappa shape index (κ2) is 6.76. The number of halogens is 1. The summed E-state index contributed by atoms with van der Waals surface area (Å²) >= 11 is 5.90. The topological polar surface area (TPSA) is 75.9 Å². The van der Waals surface area contributed by atoms with Gasteiger partial charge in [0, 0.05) is 16.4 Å². The quantitative estimate of drug-likeness (QED) is 0.635. The Hall–Kier alpha value is -2.79. The van der Waals surface area contributed by atoms with Crippen molar-refractivity contribution in [3.05, 3.63) is 64.9 Å². The van der Waals surface area contributed by atoms with E-state index < -0.39 is 0 Å². The molecule has 5 nitrogen and oxygen atoms in total. The lowest BCUT2D eigenvalue weighted by atomic mass is 10.1. The molecule has 1 aromatic heterocycles. The molecule has 0 spiro atoms. The van der Waals surface area contributed by atoms with Crippen molar-refractivity contribution in [3.8, 4) is 0 Å². The third-order valence-corrected chi connectivity index (χ3v) is 4.10. The molecule has 24 heavy (non-hydrogen) atoms. The zero-order valence-electron chi connectivity index (χ0n) is 13.5. The number of nitrogens with one attached hydrogen (secondary N) is 2. The lowest BCUT2D eigenvalue weighted by Crippen LogP contribution is -2.06. The molecule has 0 atom stereocenters. The Bertz CT molecular complexity index is 862. The van der Waals surface area contributed by atoms with Crippen molar-refractivity contribution < 1.29 is 0 Å². The Morgan fingerprint density at radius 1 is 0.917 bits per heavy atom. The molecule has 0 fully saturated rings. The zero-order valence-corrected chi connectivity index (χ0v) is 14.2. The van der Waals surface area contributed by atoms with Gasteiger partial charge in [-0.25, -0.2) is 9.97 Å². The van der Waals surface area contributed by atoms with Crippen LogP contribution < -0.4 is 16.4 Å².